The van der Waals surface area contributed by atoms with Gasteiger partial charge in [0.15, 0.2) is 0 Å². The van der Waals surface area contributed by atoms with Crippen LogP contribution in [0.2, 0.25) is 0 Å². The van der Waals surface area contributed by atoms with E-state index in [4.69, 9.17) is 9.47 Å². The zero-order chi connectivity index (χ0) is 12.2. The van der Waals surface area contributed by atoms with E-state index < -0.39 is 6.09 Å². The van der Waals surface area contributed by atoms with Crippen molar-refractivity contribution in [2.45, 2.75) is 19.8 Å². The van der Waals surface area contributed by atoms with Gasteiger partial charge in [-0.25, -0.2) is 4.79 Å². The highest BCUT2D eigenvalue weighted by Gasteiger charge is 1.99. The minimum absolute atomic E-state index is 0.00201. The van der Waals surface area contributed by atoms with Gasteiger partial charge in [0.05, 0.1) is 6.61 Å². The van der Waals surface area contributed by atoms with Crippen LogP contribution in [0, 0.1) is 0 Å². The zero-order valence-electron chi connectivity index (χ0n) is 9.88. The van der Waals surface area contributed by atoms with Gasteiger partial charge in [-0.3, -0.25) is 4.79 Å². The van der Waals surface area contributed by atoms with Gasteiger partial charge in [0, 0.05) is 26.6 Å². The minimum atomic E-state index is -0.434. The third-order valence-corrected chi connectivity index (χ3v) is 1.75. The summed E-state index contributed by atoms with van der Waals surface area (Å²) in [5, 5.41) is 5.02. The van der Waals surface area contributed by atoms with Crippen LogP contribution in [-0.2, 0) is 14.3 Å². The third-order valence-electron chi connectivity index (χ3n) is 1.75. The number of ether oxygens (including phenoxy) is 2. The lowest BCUT2D eigenvalue weighted by Crippen LogP contribution is -2.25. The van der Waals surface area contributed by atoms with E-state index in [-0.39, 0.29) is 12.5 Å². The summed E-state index contributed by atoms with van der Waals surface area (Å²) in [6.45, 7) is 3.44. The molecular formula is C10H20N2O4. The van der Waals surface area contributed by atoms with Crippen LogP contribution in [0.25, 0.3) is 0 Å². The van der Waals surface area contributed by atoms with Gasteiger partial charge < -0.3 is 20.1 Å². The number of carbonyl (C=O) groups is 2. The van der Waals surface area contributed by atoms with Crippen molar-refractivity contribution < 1.29 is 19.1 Å². The van der Waals surface area contributed by atoms with E-state index in [9.17, 15) is 9.59 Å². The van der Waals surface area contributed by atoms with E-state index in [1.165, 1.54) is 0 Å². The number of hydrogen-bond donors (Lipinski definition) is 2. The Hall–Kier alpha value is -1.30. The highest BCUT2D eigenvalue weighted by Crippen LogP contribution is 1.90. The second kappa shape index (κ2) is 10.2. The molecule has 6 heteroatoms. The Morgan fingerprint density at radius 2 is 1.94 bits per heavy atom. The van der Waals surface area contributed by atoms with Crippen LogP contribution in [0.5, 0.6) is 0 Å². The van der Waals surface area contributed by atoms with Crippen LogP contribution in [0.4, 0.5) is 4.79 Å². The topological polar surface area (TPSA) is 76.7 Å². The van der Waals surface area contributed by atoms with Crippen LogP contribution in [0.1, 0.15) is 19.8 Å². The zero-order valence-corrected chi connectivity index (χ0v) is 9.88. The van der Waals surface area contributed by atoms with Crippen LogP contribution in [0.15, 0.2) is 0 Å². The summed E-state index contributed by atoms with van der Waals surface area (Å²) in [5.41, 5.74) is 0. The van der Waals surface area contributed by atoms with Crippen molar-refractivity contribution in [2.75, 3.05) is 33.4 Å². The largest absolute Gasteiger partial charge is 0.447 e. The fraction of sp³-hybridized carbons (Fsp3) is 0.800. The SMILES string of the molecule is CCNC(=O)OCCOCCCC(=O)NC. The lowest BCUT2D eigenvalue weighted by atomic mass is 10.3. The molecule has 0 radical (unpaired) electrons. The van der Waals surface area contributed by atoms with Crippen LogP contribution < -0.4 is 10.6 Å². The first kappa shape index (κ1) is 14.7. The molecular weight excluding hydrogens is 212 g/mol. The van der Waals surface area contributed by atoms with Gasteiger partial charge in [-0.05, 0) is 13.3 Å². The molecule has 0 rings (SSSR count). The van der Waals surface area contributed by atoms with Gasteiger partial charge in [0.2, 0.25) is 5.91 Å². The van der Waals surface area contributed by atoms with Crippen molar-refractivity contribution in [1.82, 2.24) is 10.6 Å². The average molecular weight is 232 g/mol. The normalized spacial score (nSPS) is 9.62. The first-order valence-corrected chi connectivity index (χ1v) is 5.39. The first-order valence-electron chi connectivity index (χ1n) is 5.39. The van der Waals surface area contributed by atoms with Gasteiger partial charge in [0.25, 0.3) is 0 Å². The number of hydrogen-bond acceptors (Lipinski definition) is 4. The van der Waals surface area contributed by atoms with Crippen LogP contribution in [-0.4, -0.2) is 45.4 Å². The molecule has 0 unspecified atom stereocenters. The highest BCUT2D eigenvalue weighted by atomic mass is 16.6. The lowest BCUT2D eigenvalue weighted by molar-refractivity contribution is -0.120. The number of alkyl carbamates (subject to hydrolysis) is 1. The van der Waals surface area contributed by atoms with Crippen molar-refractivity contribution in [3.05, 3.63) is 0 Å². The summed E-state index contributed by atoms with van der Waals surface area (Å²) < 4.78 is 9.95. The molecule has 0 aliphatic carbocycles. The van der Waals surface area contributed by atoms with Gasteiger partial charge in [-0.2, -0.15) is 0 Å². The molecule has 2 N–H and O–H groups in total. The molecule has 0 aromatic rings. The molecule has 0 saturated heterocycles. The molecule has 0 spiro atoms. The van der Waals surface area contributed by atoms with Crippen molar-refractivity contribution in [1.29, 1.82) is 0 Å². The van der Waals surface area contributed by atoms with Gasteiger partial charge >= 0.3 is 6.09 Å². The fourth-order valence-electron chi connectivity index (χ4n) is 0.951. The molecule has 0 fully saturated rings. The van der Waals surface area contributed by atoms with Crippen molar-refractivity contribution >= 4 is 12.0 Å². The molecule has 0 saturated carbocycles. The second-order valence-electron chi connectivity index (χ2n) is 3.06. The van der Waals surface area contributed by atoms with Crippen LogP contribution in [0.3, 0.4) is 0 Å². The first-order chi connectivity index (χ1) is 7.70. The molecule has 94 valence electrons. The molecule has 0 aromatic carbocycles. The van der Waals surface area contributed by atoms with Gasteiger partial charge in [0.1, 0.15) is 6.61 Å². The van der Waals surface area contributed by atoms with E-state index in [2.05, 4.69) is 10.6 Å². The Bertz CT molecular complexity index is 209. The Morgan fingerprint density at radius 3 is 2.56 bits per heavy atom. The van der Waals surface area contributed by atoms with Crippen molar-refractivity contribution in [3.63, 3.8) is 0 Å². The quantitative estimate of drug-likeness (QED) is 0.589. The molecule has 0 aliphatic heterocycles. The lowest BCUT2D eigenvalue weighted by Gasteiger charge is -2.06. The third kappa shape index (κ3) is 9.26. The number of rotatable bonds is 8. The summed E-state index contributed by atoms with van der Waals surface area (Å²) in [5.74, 6) is 0.00201. The Morgan fingerprint density at radius 1 is 1.19 bits per heavy atom. The monoisotopic (exact) mass is 232 g/mol. The molecule has 0 heterocycles. The van der Waals surface area contributed by atoms with Gasteiger partial charge in [-0.1, -0.05) is 0 Å². The Labute approximate surface area is 95.7 Å². The van der Waals surface area contributed by atoms with Crippen molar-refractivity contribution in [2.24, 2.45) is 0 Å². The Kier molecular flexibility index (Phi) is 9.39. The molecule has 0 aliphatic rings. The molecule has 16 heavy (non-hydrogen) atoms. The summed E-state index contributed by atoms with van der Waals surface area (Å²) >= 11 is 0. The number of carbonyl (C=O) groups excluding carboxylic acids is 2. The minimum Gasteiger partial charge on any atom is -0.447 e. The molecule has 6 nitrogen and oxygen atoms in total. The fourth-order valence-corrected chi connectivity index (χ4v) is 0.951. The molecule has 0 aromatic heterocycles. The van der Waals surface area contributed by atoms with E-state index in [0.29, 0.717) is 32.6 Å². The molecule has 0 bridgehead atoms. The highest BCUT2D eigenvalue weighted by molar-refractivity contribution is 5.75. The maximum atomic E-state index is 10.8. The summed E-state index contributed by atoms with van der Waals surface area (Å²) in [7, 11) is 1.60. The van der Waals surface area contributed by atoms with E-state index in [1.807, 2.05) is 6.92 Å². The average Bonchev–Trinajstić information content (AvgIpc) is 2.27. The standard InChI is InChI=1S/C10H20N2O4/c1-3-12-10(14)16-8-7-15-6-4-5-9(13)11-2/h3-8H2,1-2H3,(H,11,13)(H,12,14). The van der Waals surface area contributed by atoms with Crippen molar-refractivity contribution in [3.8, 4) is 0 Å². The Balaban J connectivity index is 3.15. The summed E-state index contributed by atoms with van der Waals surface area (Å²) in [4.78, 5) is 21.6. The predicted molar refractivity (Wildman–Crippen MR) is 59.1 cm³/mol. The second-order valence-corrected chi connectivity index (χ2v) is 3.06. The van der Waals surface area contributed by atoms with Gasteiger partial charge in [-0.15, -0.1) is 0 Å². The molecule has 2 amide bonds. The molecule has 0 atom stereocenters. The maximum absolute atomic E-state index is 10.8. The smallest absolute Gasteiger partial charge is 0.407 e. The summed E-state index contributed by atoms with van der Waals surface area (Å²) in [6, 6.07) is 0. The summed E-state index contributed by atoms with van der Waals surface area (Å²) in [6.07, 6.45) is 0.686. The number of nitrogens with one attached hydrogen (secondary N) is 2. The predicted octanol–water partition coefficient (Wildman–Crippen LogP) is 0.275. The maximum Gasteiger partial charge on any atom is 0.407 e. The van der Waals surface area contributed by atoms with E-state index >= 15 is 0 Å². The number of amides is 2. The van der Waals surface area contributed by atoms with E-state index in [0.717, 1.165) is 0 Å². The van der Waals surface area contributed by atoms with E-state index in [1.54, 1.807) is 7.05 Å². The van der Waals surface area contributed by atoms with Crippen LogP contribution >= 0.6 is 0 Å².